The van der Waals surface area contributed by atoms with Crippen LogP contribution < -0.4 is 5.73 Å². The highest BCUT2D eigenvalue weighted by Gasteiger charge is 2.32. The first-order chi connectivity index (χ1) is 14.1. The molecule has 2 aromatic carbocycles. The maximum atomic E-state index is 8.95. The van der Waals surface area contributed by atoms with E-state index in [-0.39, 0.29) is 0 Å². The third-order valence-corrected chi connectivity index (χ3v) is 6.19. The molecule has 150 valence electrons. The van der Waals surface area contributed by atoms with Crippen molar-refractivity contribution in [3.63, 3.8) is 0 Å². The zero-order valence-corrected chi connectivity index (χ0v) is 17.2. The largest absolute Gasteiger partial charge is 0.323 e. The summed E-state index contributed by atoms with van der Waals surface area (Å²) in [7, 11) is 0. The van der Waals surface area contributed by atoms with Crippen molar-refractivity contribution in [3.05, 3.63) is 70.8 Å². The molecule has 4 nitrogen and oxygen atoms in total. The predicted octanol–water partition coefficient (Wildman–Crippen LogP) is 3.93. The van der Waals surface area contributed by atoms with Crippen LogP contribution in [-0.4, -0.2) is 36.7 Å². The Kier molecular flexibility index (Phi) is 7.42. The molecule has 1 aliphatic heterocycles. The van der Waals surface area contributed by atoms with Gasteiger partial charge in [-0.1, -0.05) is 24.3 Å². The zero-order chi connectivity index (χ0) is 20.5. The number of quaternary nitrogens is 1. The van der Waals surface area contributed by atoms with Crippen LogP contribution in [0.25, 0.3) is 0 Å². The third kappa shape index (κ3) is 6.16. The van der Waals surface area contributed by atoms with Gasteiger partial charge in [0.2, 0.25) is 0 Å². The summed E-state index contributed by atoms with van der Waals surface area (Å²) in [5, 5.41) is 17.9. The first-order valence-corrected chi connectivity index (χ1v) is 10.7. The number of hydrogen-bond acceptors (Lipinski definition) is 3. The van der Waals surface area contributed by atoms with Crippen LogP contribution in [0.15, 0.2) is 48.5 Å². The molecule has 0 aliphatic carbocycles. The molecular weight excluding hydrogens is 356 g/mol. The molecule has 1 saturated heterocycles. The molecule has 29 heavy (non-hydrogen) atoms. The predicted molar refractivity (Wildman–Crippen MR) is 116 cm³/mol. The number of piperidine rings is 1. The standard InChI is InChI=1S/C25H31N4/c26-18-23-11-7-21(8-12-23)4-1-15-29(17-3-6-25(28)20-29)16-2-5-22-9-13-24(19-27)14-10-22/h7-14,25H,1-6,15-17,20,28H2/q+1. The number of hydrogen-bond donors (Lipinski definition) is 1. The maximum absolute atomic E-state index is 8.95. The summed E-state index contributed by atoms with van der Waals surface area (Å²) in [6.45, 7) is 4.65. The van der Waals surface area contributed by atoms with Crippen molar-refractivity contribution in [1.29, 1.82) is 10.5 Å². The molecule has 3 rings (SSSR count). The molecule has 2 N–H and O–H groups in total. The van der Waals surface area contributed by atoms with Crippen LogP contribution in [0.2, 0.25) is 0 Å². The maximum Gasteiger partial charge on any atom is 0.0991 e. The van der Waals surface area contributed by atoms with Gasteiger partial charge < -0.3 is 10.2 Å². The number of likely N-dealkylation sites (tertiary alicyclic amines) is 1. The van der Waals surface area contributed by atoms with E-state index in [4.69, 9.17) is 16.3 Å². The van der Waals surface area contributed by atoms with Gasteiger partial charge in [-0.05, 0) is 61.1 Å². The molecule has 0 radical (unpaired) electrons. The van der Waals surface area contributed by atoms with Crippen LogP contribution >= 0.6 is 0 Å². The fourth-order valence-corrected chi connectivity index (χ4v) is 4.62. The van der Waals surface area contributed by atoms with Crippen molar-refractivity contribution in [2.75, 3.05) is 26.2 Å². The molecule has 0 aromatic heterocycles. The minimum absolute atomic E-state index is 0.313. The molecule has 0 amide bonds. The van der Waals surface area contributed by atoms with Gasteiger partial charge >= 0.3 is 0 Å². The molecule has 1 atom stereocenters. The number of rotatable bonds is 8. The SMILES string of the molecule is N#Cc1ccc(CCC[N+]2(CCCc3ccc(C#N)cc3)CCCC(N)C2)cc1. The quantitative estimate of drug-likeness (QED) is 0.697. The number of nitrogens with zero attached hydrogens (tertiary/aromatic N) is 3. The highest BCUT2D eigenvalue weighted by Crippen LogP contribution is 2.22. The van der Waals surface area contributed by atoms with Crippen LogP contribution in [0.1, 0.15) is 47.9 Å². The molecule has 2 aromatic rings. The van der Waals surface area contributed by atoms with Gasteiger partial charge in [-0.25, -0.2) is 0 Å². The minimum atomic E-state index is 0.313. The van der Waals surface area contributed by atoms with E-state index in [0.717, 1.165) is 54.3 Å². The van der Waals surface area contributed by atoms with Crippen LogP contribution in [0, 0.1) is 22.7 Å². The highest BCUT2D eigenvalue weighted by atomic mass is 15.4. The van der Waals surface area contributed by atoms with Crippen molar-refractivity contribution < 1.29 is 4.48 Å². The van der Waals surface area contributed by atoms with E-state index >= 15 is 0 Å². The fraction of sp³-hybridized carbons (Fsp3) is 0.440. The molecule has 1 heterocycles. The summed E-state index contributed by atoms with van der Waals surface area (Å²) in [4.78, 5) is 0. The van der Waals surface area contributed by atoms with Crippen LogP contribution in [0.5, 0.6) is 0 Å². The van der Waals surface area contributed by atoms with Gasteiger partial charge in [0.05, 0.1) is 55.5 Å². The number of nitriles is 2. The Morgan fingerprint density at radius 1 is 0.828 bits per heavy atom. The van der Waals surface area contributed by atoms with Crippen LogP contribution in [-0.2, 0) is 12.8 Å². The molecule has 0 spiro atoms. The first kappa shape index (κ1) is 21.1. The number of aryl methyl sites for hydroxylation is 2. The van der Waals surface area contributed by atoms with Gasteiger partial charge in [-0.15, -0.1) is 0 Å². The van der Waals surface area contributed by atoms with E-state index in [9.17, 15) is 0 Å². The molecular formula is C25H31N4+. The molecule has 1 fully saturated rings. The summed E-state index contributed by atoms with van der Waals surface area (Å²) in [5.41, 5.74) is 10.4. The van der Waals surface area contributed by atoms with Crippen LogP contribution in [0.4, 0.5) is 0 Å². The highest BCUT2D eigenvalue weighted by molar-refractivity contribution is 5.32. The molecule has 0 bridgehead atoms. The van der Waals surface area contributed by atoms with Gasteiger partial charge in [-0.3, -0.25) is 0 Å². The van der Waals surface area contributed by atoms with Crippen LogP contribution in [0.3, 0.4) is 0 Å². The Labute approximate surface area is 174 Å². The lowest BCUT2D eigenvalue weighted by Crippen LogP contribution is -2.58. The Bertz CT molecular complexity index is 792. The summed E-state index contributed by atoms with van der Waals surface area (Å²) in [5.74, 6) is 0. The van der Waals surface area contributed by atoms with E-state index in [2.05, 4.69) is 36.4 Å². The fourth-order valence-electron chi connectivity index (χ4n) is 4.62. The molecule has 0 saturated carbocycles. The van der Waals surface area contributed by atoms with Crippen molar-refractivity contribution in [3.8, 4) is 12.1 Å². The lowest BCUT2D eigenvalue weighted by Gasteiger charge is -2.44. The van der Waals surface area contributed by atoms with E-state index in [0.29, 0.717) is 6.04 Å². The van der Waals surface area contributed by atoms with E-state index < -0.39 is 0 Å². The second-order valence-electron chi connectivity index (χ2n) is 8.42. The molecule has 1 unspecified atom stereocenters. The number of benzene rings is 2. The Hall–Kier alpha value is -2.66. The monoisotopic (exact) mass is 387 g/mol. The minimum Gasteiger partial charge on any atom is -0.323 e. The van der Waals surface area contributed by atoms with Gasteiger partial charge in [0, 0.05) is 12.8 Å². The van der Waals surface area contributed by atoms with Crippen molar-refractivity contribution in [2.24, 2.45) is 5.73 Å². The number of nitrogens with two attached hydrogens (primary N) is 1. The average molecular weight is 388 g/mol. The first-order valence-electron chi connectivity index (χ1n) is 10.7. The smallest absolute Gasteiger partial charge is 0.0991 e. The average Bonchev–Trinajstić information content (AvgIpc) is 2.75. The van der Waals surface area contributed by atoms with Gasteiger partial charge in [0.15, 0.2) is 0 Å². The molecule has 1 aliphatic rings. The Morgan fingerprint density at radius 3 is 1.72 bits per heavy atom. The van der Waals surface area contributed by atoms with E-state index in [1.165, 1.54) is 37.2 Å². The summed E-state index contributed by atoms with van der Waals surface area (Å²) in [6.07, 6.45) is 6.76. The van der Waals surface area contributed by atoms with E-state index in [1.807, 2.05) is 24.3 Å². The summed E-state index contributed by atoms with van der Waals surface area (Å²) < 4.78 is 1.13. The topological polar surface area (TPSA) is 73.6 Å². The second-order valence-corrected chi connectivity index (χ2v) is 8.42. The van der Waals surface area contributed by atoms with Gasteiger partial charge in [0.25, 0.3) is 0 Å². The zero-order valence-electron chi connectivity index (χ0n) is 17.2. The van der Waals surface area contributed by atoms with E-state index in [1.54, 1.807) is 0 Å². The van der Waals surface area contributed by atoms with Crippen molar-refractivity contribution in [1.82, 2.24) is 0 Å². The molecule has 4 heteroatoms. The normalized spacial score (nSPS) is 18.0. The Morgan fingerprint density at radius 2 is 1.31 bits per heavy atom. The van der Waals surface area contributed by atoms with Crippen molar-refractivity contribution >= 4 is 0 Å². The second kappa shape index (κ2) is 10.2. The van der Waals surface area contributed by atoms with Gasteiger partial charge in [-0.2, -0.15) is 10.5 Å². The summed E-state index contributed by atoms with van der Waals surface area (Å²) in [6, 6.07) is 20.6. The summed E-state index contributed by atoms with van der Waals surface area (Å²) >= 11 is 0. The lowest BCUT2D eigenvalue weighted by atomic mass is 9.99. The lowest BCUT2D eigenvalue weighted by molar-refractivity contribution is -0.933. The van der Waals surface area contributed by atoms with Crippen molar-refractivity contribution in [2.45, 2.75) is 44.6 Å². The van der Waals surface area contributed by atoms with Gasteiger partial charge in [0.1, 0.15) is 0 Å². The third-order valence-electron chi connectivity index (χ3n) is 6.19. The Balaban J connectivity index is 1.54.